The molecule has 0 aliphatic heterocycles. The van der Waals surface area contributed by atoms with Gasteiger partial charge in [0, 0.05) is 0 Å². The molecule has 0 N–H and O–H groups in total. The van der Waals surface area contributed by atoms with E-state index < -0.39 is 0 Å². The zero-order valence-corrected chi connectivity index (χ0v) is 18.0. The standard InChI is InChI=1S/C22H46N.ClH/c1-5-7-8-9-10-11-12-13-14-15-16-17-18-19-20-21-22-23(3,4)6-2;/h13-14H,5-12,15-22H2,1-4H3;1H/q+1;/p-1. The highest BCUT2D eigenvalue weighted by Crippen LogP contribution is 2.10. The van der Waals surface area contributed by atoms with E-state index in [4.69, 9.17) is 0 Å². The Morgan fingerprint density at radius 1 is 0.583 bits per heavy atom. The molecule has 0 bridgehead atoms. The molecule has 0 aromatic heterocycles. The highest BCUT2D eigenvalue weighted by molar-refractivity contribution is 4.81. The first-order valence-corrected chi connectivity index (χ1v) is 10.6. The molecule has 0 aromatic carbocycles. The van der Waals surface area contributed by atoms with Gasteiger partial charge in [0.05, 0.1) is 27.2 Å². The molecule has 0 aliphatic rings. The first-order valence-electron chi connectivity index (χ1n) is 10.6. The van der Waals surface area contributed by atoms with Crippen molar-refractivity contribution < 1.29 is 16.9 Å². The van der Waals surface area contributed by atoms with E-state index >= 15 is 0 Å². The number of rotatable bonds is 17. The molecule has 0 atom stereocenters. The number of nitrogens with zero attached hydrogens (tertiary/aromatic N) is 1. The number of halogens is 1. The quantitative estimate of drug-likeness (QED) is 0.208. The van der Waals surface area contributed by atoms with Gasteiger partial charge in [-0.15, -0.1) is 0 Å². The summed E-state index contributed by atoms with van der Waals surface area (Å²) in [5.74, 6) is 0. The van der Waals surface area contributed by atoms with Crippen LogP contribution in [0.15, 0.2) is 12.2 Å². The lowest BCUT2D eigenvalue weighted by Crippen LogP contribution is -3.00. The van der Waals surface area contributed by atoms with Gasteiger partial charge >= 0.3 is 0 Å². The molecule has 2 heteroatoms. The van der Waals surface area contributed by atoms with Crippen LogP contribution in [0, 0.1) is 0 Å². The van der Waals surface area contributed by atoms with Gasteiger partial charge < -0.3 is 16.9 Å². The van der Waals surface area contributed by atoms with Crippen LogP contribution in [0.1, 0.15) is 104 Å². The molecule has 0 amide bonds. The van der Waals surface area contributed by atoms with Gasteiger partial charge in [0.25, 0.3) is 0 Å². The van der Waals surface area contributed by atoms with Crippen LogP contribution in [0.4, 0.5) is 0 Å². The summed E-state index contributed by atoms with van der Waals surface area (Å²) < 4.78 is 1.18. The topological polar surface area (TPSA) is 0 Å². The summed E-state index contributed by atoms with van der Waals surface area (Å²) in [6.07, 6.45) is 24.4. The minimum absolute atomic E-state index is 0. The minimum atomic E-state index is 0. The van der Waals surface area contributed by atoms with E-state index in [2.05, 4.69) is 40.1 Å². The summed E-state index contributed by atoms with van der Waals surface area (Å²) in [5, 5.41) is 0. The Balaban J connectivity index is 0. The van der Waals surface area contributed by atoms with E-state index in [9.17, 15) is 0 Å². The van der Waals surface area contributed by atoms with Crippen molar-refractivity contribution in [2.24, 2.45) is 0 Å². The van der Waals surface area contributed by atoms with Crippen LogP contribution < -0.4 is 12.4 Å². The molecule has 0 unspecified atom stereocenters. The number of unbranched alkanes of at least 4 members (excludes halogenated alkanes) is 12. The molecule has 0 heterocycles. The maximum absolute atomic E-state index is 2.42. The van der Waals surface area contributed by atoms with Crippen LogP contribution in [-0.2, 0) is 0 Å². The van der Waals surface area contributed by atoms with Crippen LogP contribution in [0.3, 0.4) is 0 Å². The van der Waals surface area contributed by atoms with Gasteiger partial charge in [-0.2, -0.15) is 0 Å². The van der Waals surface area contributed by atoms with E-state index in [1.807, 2.05) is 0 Å². The Hall–Kier alpha value is -0.0100. The van der Waals surface area contributed by atoms with E-state index in [-0.39, 0.29) is 12.4 Å². The second kappa shape index (κ2) is 19.3. The Kier molecular flexibility index (Phi) is 21.1. The lowest BCUT2D eigenvalue weighted by atomic mass is 10.1. The van der Waals surface area contributed by atoms with Crippen LogP contribution in [0.2, 0.25) is 0 Å². The fraction of sp³-hybridized carbons (Fsp3) is 0.909. The fourth-order valence-electron chi connectivity index (χ4n) is 2.95. The molecule has 0 fully saturated rings. The molecule has 0 saturated heterocycles. The van der Waals surface area contributed by atoms with Gasteiger partial charge in [-0.1, -0.05) is 70.4 Å². The molecule has 0 aromatic rings. The van der Waals surface area contributed by atoms with Crippen molar-refractivity contribution in [3.05, 3.63) is 12.2 Å². The van der Waals surface area contributed by atoms with E-state index in [1.54, 1.807) is 0 Å². The number of hydrogen-bond acceptors (Lipinski definition) is 0. The van der Waals surface area contributed by atoms with Crippen LogP contribution in [0.25, 0.3) is 0 Å². The molecular formula is C22H46ClN. The van der Waals surface area contributed by atoms with Crippen molar-refractivity contribution in [3.8, 4) is 0 Å². The van der Waals surface area contributed by atoms with E-state index in [0.29, 0.717) is 0 Å². The lowest BCUT2D eigenvalue weighted by molar-refractivity contribution is -0.888. The molecule has 0 spiro atoms. The van der Waals surface area contributed by atoms with Crippen molar-refractivity contribution >= 4 is 0 Å². The summed E-state index contributed by atoms with van der Waals surface area (Å²) in [6, 6.07) is 0. The smallest absolute Gasteiger partial charge is 0.0782 e. The normalized spacial score (nSPS) is 11.8. The summed E-state index contributed by atoms with van der Waals surface area (Å²) in [5.41, 5.74) is 0. The van der Waals surface area contributed by atoms with Crippen LogP contribution >= 0.6 is 0 Å². The maximum Gasteiger partial charge on any atom is 0.0782 e. The Morgan fingerprint density at radius 3 is 1.46 bits per heavy atom. The zero-order valence-electron chi connectivity index (χ0n) is 17.3. The minimum Gasteiger partial charge on any atom is -1.00 e. The van der Waals surface area contributed by atoms with Gasteiger partial charge in [0.2, 0.25) is 0 Å². The second-order valence-corrected chi connectivity index (χ2v) is 7.91. The largest absolute Gasteiger partial charge is 1.00 e. The third-order valence-corrected chi connectivity index (χ3v) is 5.13. The summed E-state index contributed by atoms with van der Waals surface area (Å²) in [4.78, 5) is 0. The monoisotopic (exact) mass is 359 g/mol. The number of allylic oxidation sites excluding steroid dienone is 2. The molecule has 0 aliphatic carbocycles. The molecule has 0 rings (SSSR count). The van der Waals surface area contributed by atoms with Crippen molar-refractivity contribution in [1.29, 1.82) is 0 Å². The Labute approximate surface area is 160 Å². The summed E-state index contributed by atoms with van der Waals surface area (Å²) >= 11 is 0. The average Bonchev–Trinajstić information content (AvgIpc) is 2.54. The third-order valence-electron chi connectivity index (χ3n) is 5.13. The van der Waals surface area contributed by atoms with E-state index in [1.165, 1.54) is 107 Å². The molecule has 1 nitrogen and oxygen atoms in total. The maximum atomic E-state index is 2.42. The van der Waals surface area contributed by atoms with Crippen molar-refractivity contribution in [3.63, 3.8) is 0 Å². The SMILES string of the molecule is CCCCCCCCC=CCCCCCCCC[N+](C)(C)CC.[Cl-]. The summed E-state index contributed by atoms with van der Waals surface area (Å²) in [7, 11) is 4.69. The van der Waals surface area contributed by atoms with Gasteiger partial charge in [0.1, 0.15) is 0 Å². The van der Waals surface area contributed by atoms with Crippen LogP contribution in [-0.4, -0.2) is 31.7 Å². The van der Waals surface area contributed by atoms with Crippen LogP contribution in [0.5, 0.6) is 0 Å². The molecular weight excluding hydrogens is 314 g/mol. The molecule has 0 saturated carbocycles. The second-order valence-electron chi connectivity index (χ2n) is 7.91. The highest BCUT2D eigenvalue weighted by Gasteiger charge is 2.09. The summed E-state index contributed by atoms with van der Waals surface area (Å²) in [6.45, 7) is 7.18. The third kappa shape index (κ3) is 20.0. The zero-order chi connectivity index (χ0) is 17.2. The van der Waals surface area contributed by atoms with E-state index in [0.717, 1.165) is 0 Å². The Bertz CT molecular complexity index is 261. The fourth-order valence-corrected chi connectivity index (χ4v) is 2.95. The first kappa shape index (κ1) is 26.2. The van der Waals surface area contributed by atoms with Gasteiger partial charge in [-0.05, 0) is 45.4 Å². The van der Waals surface area contributed by atoms with Crippen molar-refractivity contribution in [2.45, 2.75) is 104 Å². The number of hydrogen-bond donors (Lipinski definition) is 0. The predicted molar refractivity (Wildman–Crippen MR) is 107 cm³/mol. The molecule has 24 heavy (non-hydrogen) atoms. The highest BCUT2D eigenvalue weighted by atomic mass is 35.5. The number of quaternary nitrogens is 1. The molecule has 146 valence electrons. The molecule has 0 radical (unpaired) electrons. The van der Waals surface area contributed by atoms with Gasteiger partial charge in [0.15, 0.2) is 0 Å². The van der Waals surface area contributed by atoms with Crippen molar-refractivity contribution in [1.82, 2.24) is 0 Å². The predicted octanol–water partition coefficient (Wildman–Crippen LogP) is 4.12. The van der Waals surface area contributed by atoms with Crippen molar-refractivity contribution in [2.75, 3.05) is 27.2 Å². The first-order chi connectivity index (χ1) is 11.1. The Morgan fingerprint density at radius 2 is 1.00 bits per heavy atom. The van der Waals surface area contributed by atoms with Gasteiger partial charge in [-0.3, -0.25) is 0 Å². The van der Waals surface area contributed by atoms with Gasteiger partial charge in [-0.25, -0.2) is 0 Å². The average molecular weight is 360 g/mol. The lowest BCUT2D eigenvalue weighted by Gasteiger charge is -2.28.